The van der Waals surface area contributed by atoms with Crippen molar-refractivity contribution in [2.24, 2.45) is 0 Å². The summed E-state index contributed by atoms with van der Waals surface area (Å²) in [7, 11) is 0. The van der Waals surface area contributed by atoms with Gasteiger partial charge in [0.2, 0.25) is 5.88 Å². The van der Waals surface area contributed by atoms with Crippen molar-refractivity contribution in [1.82, 2.24) is 9.97 Å². The van der Waals surface area contributed by atoms with Gasteiger partial charge in [-0.2, -0.15) is 0 Å². The van der Waals surface area contributed by atoms with Crippen LogP contribution in [0.15, 0.2) is 16.9 Å². The van der Waals surface area contributed by atoms with E-state index in [0.29, 0.717) is 0 Å². The maximum Gasteiger partial charge on any atom is 0.233 e. The quantitative estimate of drug-likeness (QED) is 0.744. The molecule has 0 radical (unpaired) electrons. The fourth-order valence-electron chi connectivity index (χ4n) is 0.355. The van der Waals surface area contributed by atoms with Crippen LogP contribution in [0.2, 0.25) is 0 Å². The Morgan fingerprint density at radius 3 is 3.70 bits per heavy atom. The minimum atomic E-state index is -3.02. The van der Waals surface area contributed by atoms with Crippen LogP contribution in [0.3, 0.4) is 0 Å². The van der Waals surface area contributed by atoms with Gasteiger partial charge in [-0.3, -0.25) is 4.98 Å². The van der Waals surface area contributed by atoms with E-state index in [1.54, 1.807) is 0 Å². The molecule has 0 spiro atoms. The van der Waals surface area contributed by atoms with E-state index in [4.69, 9.17) is 9.60 Å². The van der Waals surface area contributed by atoms with Crippen LogP contribution < -0.4 is 4.74 Å². The standard InChI is InChI=1S/C6H7BrN2O/c1-2-10-6-4-8-3-5(7)9-6/h3-4H,2H2,1H3/i1D3,2D2,3D,4D. The van der Waals surface area contributed by atoms with Crippen LogP contribution in [0.4, 0.5) is 0 Å². The molecule has 1 aromatic heterocycles. The summed E-state index contributed by atoms with van der Waals surface area (Å²) < 4.78 is 54.2. The number of rotatable bonds is 2. The first-order valence-corrected chi connectivity index (χ1v) is 3.03. The van der Waals surface area contributed by atoms with Gasteiger partial charge >= 0.3 is 0 Å². The summed E-state index contributed by atoms with van der Waals surface area (Å²) in [5, 5.41) is 0. The number of ether oxygens (including phenoxy) is 1. The zero-order valence-electron chi connectivity index (χ0n) is 11.7. The normalized spacial score (nSPS) is 22.3. The summed E-state index contributed by atoms with van der Waals surface area (Å²) in [6.45, 7) is -6.01. The topological polar surface area (TPSA) is 35.0 Å². The Morgan fingerprint density at radius 2 is 2.90 bits per heavy atom. The molecule has 1 aromatic rings. The van der Waals surface area contributed by atoms with E-state index in [1.165, 1.54) is 0 Å². The summed E-state index contributed by atoms with van der Waals surface area (Å²) in [6, 6.07) is 0. The molecule has 10 heavy (non-hydrogen) atoms. The van der Waals surface area contributed by atoms with Gasteiger partial charge in [-0.15, -0.1) is 0 Å². The van der Waals surface area contributed by atoms with E-state index in [0.717, 1.165) is 0 Å². The zero-order chi connectivity index (χ0) is 13.4. The van der Waals surface area contributed by atoms with E-state index in [-0.39, 0.29) is 10.8 Å². The SMILES string of the molecule is [2H]c1nc([2H])c(OC([2H])([2H])C([2H])([2H])[2H])nc1Br. The van der Waals surface area contributed by atoms with E-state index < -0.39 is 25.5 Å². The molecule has 0 aliphatic rings. The lowest BCUT2D eigenvalue weighted by Gasteiger charge is -1.98. The highest BCUT2D eigenvalue weighted by atomic mass is 79.9. The Labute approximate surface area is 77.4 Å². The van der Waals surface area contributed by atoms with Crippen LogP contribution in [0.25, 0.3) is 0 Å². The number of hydrogen-bond acceptors (Lipinski definition) is 3. The molecule has 0 aliphatic heterocycles. The average Bonchev–Trinajstić information content (AvgIpc) is 2.12. The predicted octanol–water partition coefficient (Wildman–Crippen LogP) is 1.64. The first-order chi connectivity index (χ1) is 7.54. The molecule has 0 unspecified atom stereocenters. The van der Waals surface area contributed by atoms with Crippen LogP contribution >= 0.6 is 15.9 Å². The molecular weight excluding hydrogens is 196 g/mol. The molecule has 0 amide bonds. The second-order valence-corrected chi connectivity index (χ2v) is 2.00. The molecule has 1 heterocycles. The second-order valence-electron chi connectivity index (χ2n) is 1.25. The van der Waals surface area contributed by atoms with Gasteiger partial charge in [0.1, 0.15) is 4.60 Å². The van der Waals surface area contributed by atoms with E-state index in [2.05, 4.69) is 30.6 Å². The average molecular weight is 210 g/mol. The molecular formula is C6H7BrN2O. The second kappa shape index (κ2) is 3.51. The van der Waals surface area contributed by atoms with Crippen LogP contribution in [-0.4, -0.2) is 16.5 Å². The van der Waals surface area contributed by atoms with Crippen molar-refractivity contribution < 1.29 is 14.3 Å². The van der Waals surface area contributed by atoms with Crippen molar-refractivity contribution in [2.75, 3.05) is 6.56 Å². The molecule has 0 aromatic carbocycles. The van der Waals surface area contributed by atoms with Gasteiger partial charge in [0, 0.05) is 4.11 Å². The third-order valence-corrected chi connectivity index (χ3v) is 1.00. The molecule has 0 bridgehead atoms. The van der Waals surface area contributed by atoms with Gasteiger partial charge in [0.05, 0.1) is 24.4 Å². The highest BCUT2D eigenvalue weighted by Crippen LogP contribution is 2.08. The largest absolute Gasteiger partial charge is 0.477 e. The predicted molar refractivity (Wildman–Crippen MR) is 40.9 cm³/mol. The van der Waals surface area contributed by atoms with Gasteiger partial charge in [-0.25, -0.2) is 4.98 Å². The van der Waals surface area contributed by atoms with Crippen molar-refractivity contribution in [3.63, 3.8) is 0 Å². The van der Waals surface area contributed by atoms with Gasteiger partial charge in [-0.1, -0.05) is 0 Å². The number of nitrogens with zero attached hydrogens (tertiary/aromatic N) is 2. The van der Waals surface area contributed by atoms with E-state index >= 15 is 0 Å². The first-order valence-electron chi connectivity index (χ1n) is 5.74. The first kappa shape index (κ1) is 2.44. The van der Waals surface area contributed by atoms with Crippen molar-refractivity contribution in [3.8, 4) is 5.88 Å². The minimum absolute atomic E-state index is 0.0650. The minimum Gasteiger partial charge on any atom is -0.477 e. The van der Waals surface area contributed by atoms with Gasteiger partial charge in [0.15, 0.2) is 0 Å². The Kier molecular flexibility index (Phi) is 0.858. The molecule has 1 rings (SSSR count). The van der Waals surface area contributed by atoms with Gasteiger partial charge < -0.3 is 4.74 Å². The lowest BCUT2D eigenvalue weighted by molar-refractivity contribution is 0.324. The van der Waals surface area contributed by atoms with Crippen molar-refractivity contribution in [3.05, 3.63) is 16.9 Å². The highest BCUT2D eigenvalue weighted by Gasteiger charge is 1.93. The molecule has 0 fully saturated rings. The summed E-state index contributed by atoms with van der Waals surface area (Å²) in [4.78, 5) is 6.93. The van der Waals surface area contributed by atoms with Crippen molar-refractivity contribution >= 4 is 15.9 Å². The fourth-order valence-corrected chi connectivity index (χ4v) is 0.605. The monoisotopic (exact) mass is 209 g/mol. The van der Waals surface area contributed by atoms with Crippen LogP contribution in [-0.2, 0) is 0 Å². The third kappa shape index (κ3) is 1.95. The number of halogens is 1. The number of aromatic nitrogens is 2. The molecule has 0 atom stereocenters. The van der Waals surface area contributed by atoms with Crippen LogP contribution in [0, 0.1) is 0 Å². The molecule has 0 saturated heterocycles. The zero-order valence-corrected chi connectivity index (χ0v) is 6.27. The van der Waals surface area contributed by atoms with E-state index in [1.807, 2.05) is 0 Å². The molecule has 4 heteroatoms. The lowest BCUT2D eigenvalue weighted by Crippen LogP contribution is -1.94. The summed E-state index contributed by atoms with van der Waals surface area (Å²) in [5.74, 6) is -0.589. The summed E-state index contributed by atoms with van der Waals surface area (Å²) in [5.41, 5.74) is 0. The summed E-state index contributed by atoms with van der Waals surface area (Å²) >= 11 is 2.85. The Balaban J connectivity index is 3.08. The van der Waals surface area contributed by atoms with Crippen LogP contribution in [0.1, 0.15) is 16.4 Å². The number of hydrogen-bond donors (Lipinski definition) is 0. The molecule has 0 aliphatic carbocycles. The van der Waals surface area contributed by atoms with E-state index in [9.17, 15) is 0 Å². The van der Waals surface area contributed by atoms with Crippen LogP contribution in [0.5, 0.6) is 5.88 Å². The summed E-state index contributed by atoms with van der Waals surface area (Å²) in [6.07, 6.45) is -0.928. The fraction of sp³-hybridized carbons (Fsp3) is 0.333. The molecule has 54 valence electrons. The van der Waals surface area contributed by atoms with Gasteiger partial charge in [0.25, 0.3) is 0 Å². The smallest absolute Gasteiger partial charge is 0.233 e. The van der Waals surface area contributed by atoms with Crippen molar-refractivity contribution in [1.29, 1.82) is 0 Å². The molecule has 0 saturated carbocycles. The molecule has 0 N–H and O–H groups in total. The Morgan fingerprint density at radius 1 is 2.00 bits per heavy atom. The van der Waals surface area contributed by atoms with Crippen molar-refractivity contribution in [2.45, 2.75) is 6.85 Å². The Hall–Kier alpha value is -0.640. The third-order valence-electron chi connectivity index (χ3n) is 0.647. The maximum atomic E-state index is 7.30. The maximum absolute atomic E-state index is 7.30. The lowest BCUT2D eigenvalue weighted by atomic mass is 10.7. The van der Waals surface area contributed by atoms with Gasteiger partial charge in [-0.05, 0) is 22.8 Å². The molecule has 3 nitrogen and oxygen atoms in total. The Bertz CT molecular complexity index is 435. The highest BCUT2D eigenvalue weighted by molar-refractivity contribution is 9.10.